The first kappa shape index (κ1) is 16.3. The number of hydrogen-bond donors (Lipinski definition) is 2. The number of carbonyl (C=O) groups is 1. The van der Waals surface area contributed by atoms with Crippen LogP contribution in [0, 0.1) is 0 Å². The van der Waals surface area contributed by atoms with Crippen molar-refractivity contribution in [2.24, 2.45) is 0 Å². The SMILES string of the molecule is CC(C)(C)[NH+]=C(NC(=O)c1ccccc1)C(Cl)(Cl)Cl. The number of nitrogens with one attached hydrogen (secondary N) is 2. The normalized spacial score (nSPS) is 13.3. The van der Waals surface area contributed by atoms with Gasteiger partial charge in [0, 0.05) is 0 Å². The van der Waals surface area contributed by atoms with E-state index in [0.29, 0.717) is 5.56 Å². The van der Waals surface area contributed by atoms with Crippen molar-refractivity contribution in [3.8, 4) is 0 Å². The minimum absolute atomic E-state index is 0.138. The predicted octanol–water partition coefficient (Wildman–Crippen LogP) is 2.06. The zero-order valence-corrected chi connectivity index (χ0v) is 13.2. The summed E-state index contributed by atoms with van der Waals surface area (Å²) in [5, 5.41) is 2.60. The van der Waals surface area contributed by atoms with Crippen molar-refractivity contribution in [3.63, 3.8) is 0 Å². The van der Waals surface area contributed by atoms with Crippen LogP contribution in [0.3, 0.4) is 0 Å². The lowest BCUT2D eigenvalue weighted by molar-refractivity contribution is -0.541. The lowest BCUT2D eigenvalue weighted by Gasteiger charge is -2.16. The van der Waals surface area contributed by atoms with Crippen LogP contribution < -0.4 is 10.3 Å². The molecule has 0 heterocycles. The highest BCUT2D eigenvalue weighted by Crippen LogP contribution is 2.25. The second-order valence-corrected chi connectivity index (χ2v) is 7.35. The van der Waals surface area contributed by atoms with Crippen molar-refractivity contribution in [3.05, 3.63) is 35.9 Å². The number of rotatable bonds is 1. The molecule has 1 aromatic carbocycles. The minimum Gasteiger partial charge on any atom is -0.270 e. The average Bonchev–Trinajstić information content (AvgIpc) is 2.26. The fourth-order valence-electron chi connectivity index (χ4n) is 1.32. The molecule has 0 atom stereocenters. The average molecular weight is 323 g/mol. The molecule has 1 amide bonds. The Kier molecular flexibility index (Phi) is 5.25. The Morgan fingerprint density at radius 3 is 2.05 bits per heavy atom. The molecule has 0 aliphatic carbocycles. The zero-order chi connectivity index (χ0) is 14.7. The molecule has 19 heavy (non-hydrogen) atoms. The second-order valence-electron chi connectivity index (χ2n) is 5.07. The maximum absolute atomic E-state index is 12.0. The molecule has 104 valence electrons. The number of amidine groups is 1. The Hall–Kier alpha value is -0.770. The molecule has 0 aliphatic heterocycles. The topological polar surface area (TPSA) is 43.1 Å². The molecule has 0 unspecified atom stereocenters. The Bertz CT molecular complexity index is 473. The van der Waals surface area contributed by atoms with Gasteiger partial charge in [-0.3, -0.25) is 4.99 Å². The summed E-state index contributed by atoms with van der Waals surface area (Å²) in [6.45, 7) is 5.70. The number of alkyl halides is 3. The van der Waals surface area contributed by atoms with E-state index >= 15 is 0 Å². The van der Waals surface area contributed by atoms with Gasteiger partial charge in [0.05, 0.1) is 11.1 Å². The van der Waals surface area contributed by atoms with Crippen molar-refractivity contribution in [2.75, 3.05) is 0 Å². The van der Waals surface area contributed by atoms with Crippen molar-refractivity contribution in [1.82, 2.24) is 5.32 Å². The molecule has 1 aromatic rings. The van der Waals surface area contributed by atoms with Crippen LogP contribution in [-0.2, 0) is 0 Å². The van der Waals surface area contributed by atoms with Crippen LogP contribution in [0.25, 0.3) is 0 Å². The Balaban J connectivity index is 2.98. The van der Waals surface area contributed by atoms with Gasteiger partial charge in [-0.1, -0.05) is 53.0 Å². The summed E-state index contributed by atoms with van der Waals surface area (Å²) in [5.74, 6) is -0.197. The summed E-state index contributed by atoms with van der Waals surface area (Å²) in [4.78, 5) is 15.0. The van der Waals surface area contributed by atoms with Crippen LogP contribution in [0.4, 0.5) is 0 Å². The van der Waals surface area contributed by atoms with Crippen LogP contribution in [0.1, 0.15) is 31.1 Å². The molecule has 3 nitrogen and oxygen atoms in total. The highest BCUT2D eigenvalue weighted by atomic mass is 35.6. The lowest BCUT2D eigenvalue weighted by atomic mass is 10.1. The second kappa shape index (κ2) is 6.12. The van der Waals surface area contributed by atoms with Gasteiger partial charge in [0.2, 0.25) is 0 Å². The summed E-state index contributed by atoms with van der Waals surface area (Å²) in [6.07, 6.45) is 0. The molecule has 6 heteroatoms. The van der Waals surface area contributed by atoms with Gasteiger partial charge in [0.25, 0.3) is 3.79 Å². The van der Waals surface area contributed by atoms with Crippen molar-refractivity contribution < 1.29 is 9.79 Å². The summed E-state index contributed by atoms with van der Waals surface area (Å²) in [6, 6.07) is 8.72. The van der Waals surface area contributed by atoms with Gasteiger partial charge in [0.1, 0.15) is 0 Å². The molecule has 0 spiro atoms. The number of carbonyl (C=O) groups excluding carboxylic acids is 1. The van der Waals surface area contributed by atoms with Crippen LogP contribution in [0.2, 0.25) is 0 Å². The Labute approximate surface area is 128 Å². The predicted molar refractivity (Wildman–Crippen MR) is 79.9 cm³/mol. The van der Waals surface area contributed by atoms with E-state index < -0.39 is 3.79 Å². The first-order valence-electron chi connectivity index (χ1n) is 5.68. The summed E-state index contributed by atoms with van der Waals surface area (Å²) < 4.78 is -1.72. The minimum atomic E-state index is -1.72. The molecular formula is C13H16Cl3N2O+. The monoisotopic (exact) mass is 321 g/mol. The fraction of sp³-hybridized carbons (Fsp3) is 0.385. The van der Waals surface area contributed by atoms with Crippen molar-refractivity contribution >= 4 is 46.5 Å². The largest absolute Gasteiger partial charge is 0.338 e. The third-order valence-corrected chi connectivity index (χ3v) is 2.62. The molecular weight excluding hydrogens is 307 g/mol. The lowest BCUT2D eigenvalue weighted by Crippen LogP contribution is -2.88. The van der Waals surface area contributed by atoms with Gasteiger partial charge >= 0.3 is 11.7 Å². The molecule has 0 saturated heterocycles. The Morgan fingerprint density at radius 2 is 1.63 bits per heavy atom. The van der Waals surface area contributed by atoms with Gasteiger partial charge in [-0.2, -0.15) is 0 Å². The van der Waals surface area contributed by atoms with Gasteiger partial charge in [-0.05, 0) is 32.9 Å². The first-order valence-corrected chi connectivity index (χ1v) is 6.82. The fourth-order valence-corrected chi connectivity index (χ4v) is 1.61. The van der Waals surface area contributed by atoms with Crippen LogP contribution in [0.5, 0.6) is 0 Å². The van der Waals surface area contributed by atoms with E-state index in [9.17, 15) is 4.79 Å². The Morgan fingerprint density at radius 1 is 1.11 bits per heavy atom. The van der Waals surface area contributed by atoms with Gasteiger partial charge in [-0.15, -0.1) is 0 Å². The maximum atomic E-state index is 12.0. The standard InChI is InChI=1S/C13H15Cl3N2O/c1-12(2,3)18-11(13(14,15)16)17-10(19)9-7-5-4-6-8-9/h4-8H,1-3H3,(H,17,18,19)/p+1. The van der Waals surface area contributed by atoms with Gasteiger partial charge in [0.15, 0.2) is 0 Å². The van der Waals surface area contributed by atoms with Crippen LogP contribution >= 0.6 is 34.8 Å². The van der Waals surface area contributed by atoms with Crippen molar-refractivity contribution in [2.45, 2.75) is 30.1 Å². The highest BCUT2D eigenvalue weighted by molar-refractivity contribution is 6.76. The molecule has 0 radical (unpaired) electrons. The van der Waals surface area contributed by atoms with Gasteiger partial charge < -0.3 is 0 Å². The third kappa shape index (κ3) is 5.81. The zero-order valence-electron chi connectivity index (χ0n) is 10.9. The quantitative estimate of drug-likeness (QED) is 0.464. The van der Waals surface area contributed by atoms with E-state index in [4.69, 9.17) is 34.8 Å². The van der Waals surface area contributed by atoms with E-state index in [2.05, 4.69) is 10.3 Å². The number of benzene rings is 1. The van der Waals surface area contributed by atoms with Gasteiger partial charge in [-0.25, -0.2) is 10.1 Å². The van der Waals surface area contributed by atoms with E-state index in [1.54, 1.807) is 24.3 Å². The van der Waals surface area contributed by atoms with Crippen LogP contribution in [0.15, 0.2) is 30.3 Å². The maximum Gasteiger partial charge on any atom is 0.338 e. The van der Waals surface area contributed by atoms with Crippen LogP contribution in [-0.4, -0.2) is 21.1 Å². The summed E-state index contributed by atoms with van der Waals surface area (Å²) >= 11 is 17.6. The van der Waals surface area contributed by atoms with E-state index in [1.165, 1.54) is 0 Å². The molecule has 0 saturated carbocycles. The first-order chi connectivity index (χ1) is 8.59. The number of halogens is 3. The number of amides is 1. The molecule has 0 fully saturated rings. The van der Waals surface area contributed by atoms with Crippen molar-refractivity contribution in [1.29, 1.82) is 0 Å². The molecule has 0 bridgehead atoms. The summed E-state index contributed by atoms with van der Waals surface area (Å²) in [7, 11) is 0. The summed E-state index contributed by atoms with van der Waals surface area (Å²) in [5.41, 5.74) is 0.147. The van der Waals surface area contributed by atoms with E-state index in [1.807, 2.05) is 26.8 Å². The molecule has 0 aliphatic rings. The molecule has 2 N–H and O–H groups in total. The highest BCUT2D eigenvalue weighted by Gasteiger charge is 2.37. The molecule has 0 aromatic heterocycles. The van der Waals surface area contributed by atoms with E-state index in [0.717, 1.165) is 0 Å². The van der Waals surface area contributed by atoms with E-state index in [-0.39, 0.29) is 17.3 Å². The molecule has 1 rings (SSSR count). The number of hydrogen-bond acceptors (Lipinski definition) is 1. The smallest absolute Gasteiger partial charge is 0.270 e. The third-order valence-electron chi connectivity index (χ3n) is 2.06.